The Morgan fingerprint density at radius 3 is 2.85 bits per heavy atom. The van der Waals surface area contributed by atoms with E-state index in [2.05, 4.69) is 18.0 Å². The Hall–Kier alpha value is -3.14. The van der Waals surface area contributed by atoms with E-state index in [0.29, 0.717) is 12.2 Å². The number of amides is 1. The molecule has 0 spiro atoms. The molecule has 3 aromatic rings. The predicted molar refractivity (Wildman–Crippen MR) is 106 cm³/mol. The van der Waals surface area contributed by atoms with Gasteiger partial charge in [-0.2, -0.15) is 0 Å². The highest BCUT2D eigenvalue weighted by atomic mass is 16.5. The highest BCUT2D eigenvalue weighted by molar-refractivity contribution is 6.07. The summed E-state index contributed by atoms with van der Waals surface area (Å²) in [5, 5.41) is 0.951. The molecular weight excluding hydrogens is 324 g/mol. The van der Waals surface area contributed by atoms with Crippen LogP contribution in [0, 0.1) is 0 Å². The number of hydrogen-bond acceptors (Lipinski definition) is 3. The summed E-state index contributed by atoms with van der Waals surface area (Å²) < 4.78 is 5.71. The molecule has 4 nitrogen and oxygen atoms in total. The van der Waals surface area contributed by atoms with Crippen LogP contribution in [0.2, 0.25) is 0 Å². The van der Waals surface area contributed by atoms with Gasteiger partial charge in [-0.3, -0.25) is 9.78 Å². The number of allylic oxidation sites excluding steroid dienone is 1. The number of aromatic nitrogens is 1. The number of hydrogen-bond donors (Lipinski definition) is 0. The molecule has 0 fully saturated rings. The molecule has 132 valence electrons. The van der Waals surface area contributed by atoms with Gasteiger partial charge in [-0.25, -0.2) is 0 Å². The van der Waals surface area contributed by atoms with Gasteiger partial charge in [0.2, 0.25) is 0 Å². The fourth-order valence-corrected chi connectivity index (χ4v) is 2.68. The van der Waals surface area contributed by atoms with Gasteiger partial charge in [-0.1, -0.05) is 31.2 Å². The van der Waals surface area contributed by atoms with E-state index in [1.165, 1.54) is 0 Å². The third-order valence-electron chi connectivity index (χ3n) is 4.11. The first-order valence-corrected chi connectivity index (χ1v) is 8.69. The minimum atomic E-state index is -0.0706. The Bertz CT molecular complexity index is 934. The van der Waals surface area contributed by atoms with E-state index in [0.717, 1.165) is 28.8 Å². The Morgan fingerprint density at radius 1 is 1.12 bits per heavy atom. The van der Waals surface area contributed by atoms with Crippen LogP contribution in [-0.2, 0) is 0 Å². The minimum Gasteiger partial charge on any atom is -0.489 e. The van der Waals surface area contributed by atoms with Crippen molar-refractivity contribution < 1.29 is 9.53 Å². The van der Waals surface area contributed by atoms with E-state index < -0.39 is 0 Å². The first-order valence-electron chi connectivity index (χ1n) is 8.69. The SMILES string of the molecule is CCC=CCOc1cccc(N(C)C(=O)c2ccc3ncccc3c2)c1. The molecule has 1 heterocycles. The highest BCUT2D eigenvalue weighted by Gasteiger charge is 2.14. The third kappa shape index (κ3) is 4.09. The maximum atomic E-state index is 12.9. The summed E-state index contributed by atoms with van der Waals surface area (Å²) in [5.41, 5.74) is 2.30. The van der Waals surface area contributed by atoms with E-state index in [1.807, 2.05) is 60.7 Å². The number of carbonyl (C=O) groups is 1. The molecule has 0 bridgehead atoms. The van der Waals surface area contributed by atoms with Crippen LogP contribution in [0.15, 0.2) is 72.9 Å². The Labute approximate surface area is 153 Å². The van der Waals surface area contributed by atoms with Gasteiger partial charge in [-0.15, -0.1) is 0 Å². The van der Waals surface area contributed by atoms with E-state index in [-0.39, 0.29) is 5.91 Å². The molecule has 1 amide bonds. The van der Waals surface area contributed by atoms with Crippen molar-refractivity contribution in [1.29, 1.82) is 0 Å². The van der Waals surface area contributed by atoms with Crippen LogP contribution in [0.25, 0.3) is 10.9 Å². The average molecular weight is 346 g/mol. The zero-order chi connectivity index (χ0) is 18.4. The summed E-state index contributed by atoms with van der Waals surface area (Å²) in [6.07, 6.45) is 6.79. The molecule has 0 unspecified atom stereocenters. The van der Waals surface area contributed by atoms with Crippen LogP contribution in [-0.4, -0.2) is 24.5 Å². The molecule has 0 aliphatic carbocycles. The van der Waals surface area contributed by atoms with Crippen molar-refractivity contribution in [2.75, 3.05) is 18.6 Å². The van der Waals surface area contributed by atoms with Crippen molar-refractivity contribution in [3.05, 3.63) is 78.5 Å². The molecule has 1 aromatic heterocycles. The summed E-state index contributed by atoms with van der Waals surface area (Å²) in [5.74, 6) is 0.671. The van der Waals surface area contributed by atoms with Crippen LogP contribution in [0.3, 0.4) is 0 Å². The lowest BCUT2D eigenvalue weighted by Crippen LogP contribution is -2.26. The molecule has 0 saturated heterocycles. The molecule has 0 aliphatic rings. The zero-order valence-corrected chi connectivity index (χ0v) is 15.1. The zero-order valence-electron chi connectivity index (χ0n) is 15.1. The summed E-state index contributed by atoms with van der Waals surface area (Å²) in [4.78, 5) is 18.8. The van der Waals surface area contributed by atoms with Gasteiger partial charge < -0.3 is 9.64 Å². The summed E-state index contributed by atoms with van der Waals surface area (Å²) in [6, 6.07) is 16.9. The van der Waals surface area contributed by atoms with Gasteiger partial charge >= 0.3 is 0 Å². The molecular formula is C22H22N2O2. The molecule has 0 atom stereocenters. The first-order chi connectivity index (χ1) is 12.7. The number of ether oxygens (including phenoxy) is 1. The van der Waals surface area contributed by atoms with Gasteiger partial charge in [0.25, 0.3) is 5.91 Å². The lowest BCUT2D eigenvalue weighted by atomic mass is 10.1. The summed E-state index contributed by atoms with van der Waals surface area (Å²) >= 11 is 0. The van der Waals surface area contributed by atoms with Crippen LogP contribution < -0.4 is 9.64 Å². The van der Waals surface area contributed by atoms with Gasteiger partial charge in [-0.05, 0) is 42.8 Å². The topological polar surface area (TPSA) is 42.4 Å². The predicted octanol–water partition coefficient (Wildman–Crippen LogP) is 4.86. The Balaban J connectivity index is 1.77. The Morgan fingerprint density at radius 2 is 2.00 bits per heavy atom. The average Bonchev–Trinajstić information content (AvgIpc) is 2.70. The largest absolute Gasteiger partial charge is 0.489 e. The van der Waals surface area contributed by atoms with Gasteiger partial charge in [0, 0.05) is 35.9 Å². The summed E-state index contributed by atoms with van der Waals surface area (Å²) in [7, 11) is 1.77. The normalized spacial score (nSPS) is 11.0. The molecule has 0 aliphatic heterocycles. The van der Waals surface area contributed by atoms with Gasteiger partial charge in [0.15, 0.2) is 0 Å². The number of pyridine rings is 1. The number of nitrogens with zero attached hydrogens (tertiary/aromatic N) is 2. The molecule has 2 aromatic carbocycles. The van der Waals surface area contributed by atoms with Crippen molar-refractivity contribution in [3.63, 3.8) is 0 Å². The monoisotopic (exact) mass is 346 g/mol. The Kier molecular flexibility index (Phi) is 5.64. The molecule has 0 N–H and O–H groups in total. The van der Waals surface area contributed by atoms with E-state index in [4.69, 9.17) is 4.74 Å². The number of anilines is 1. The van der Waals surface area contributed by atoms with Crippen molar-refractivity contribution in [2.45, 2.75) is 13.3 Å². The molecule has 0 saturated carbocycles. The van der Waals surface area contributed by atoms with Gasteiger partial charge in [0.05, 0.1) is 5.52 Å². The molecule has 3 rings (SSSR count). The van der Waals surface area contributed by atoms with Crippen molar-refractivity contribution in [2.24, 2.45) is 0 Å². The second kappa shape index (κ2) is 8.30. The van der Waals surface area contributed by atoms with Crippen molar-refractivity contribution in [3.8, 4) is 5.75 Å². The van der Waals surface area contributed by atoms with Crippen molar-refractivity contribution >= 4 is 22.5 Å². The lowest BCUT2D eigenvalue weighted by Gasteiger charge is -2.18. The summed E-state index contributed by atoms with van der Waals surface area (Å²) in [6.45, 7) is 2.60. The smallest absolute Gasteiger partial charge is 0.258 e. The maximum absolute atomic E-state index is 12.9. The first kappa shape index (κ1) is 17.7. The quantitative estimate of drug-likeness (QED) is 0.599. The molecule has 4 heteroatoms. The van der Waals surface area contributed by atoms with E-state index in [1.54, 1.807) is 18.1 Å². The van der Waals surface area contributed by atoms with Crippen LogP contribution in [0.1, 0.15) is 23.7 Å². The number of benzene rings is 2. The number of rotatable bonds is 6. The van der Waals surface area contributed by atoms with Crippen LogP contribution >= 0.6 is 0 Å². The highest BCUT2D eigenvalue weighted by Crippen LogP contribution is 2.23. The standard InChI is InChI=1S/C22H22N2O2/c1-3-4-5-14-26-20-10-6-9-19(16-20)24(2)22(25)18-11-12-21-17(15-18)8-7-13-23-21/h4-13,15-16H,3,14H2,1-2H3. The van der Waals surface area contributed by atoms with Gasteiger partial charge in [0.1, 0.15) is 12.4 Å². The van der Waals surface area contributed by atoms with Crippen LogP contribution in [0.4, 0.5) is 5.69 Å². The fraction of sp³-hybridized carbons (Fsp3) is 0.182. The fourth-order valence-electron chi connectivity index (χ4n) is 2.68. The minimum absolute atomic E-state index is 0.0706. The second-order valence-corrected chi connectivity index (χ2v) is 5.96. The number of fused-ring (bicyclic) bond motifs is 1. The third-order valence-corrected chi connectivity index (χ3v) is 4.11. The van der Waals surface area contributed by atoms with Crippen molar-refractivity contribution in [1.82, 2.24) is 4.98 Å². The molecule has 0 radical (unpaired) electrons. The van der Waals surface area contributed by atoms with Crippen LogP contribution in [0.5, 0.6) is 5.75 Å². The number of carbonyl (C=O) groups excluding carboxylic acids is 1. The van der Waals surface area contributed by atoms with E-state index >= 15 is 0 Å². The maximum Gasteiger partial charge on any atom is 0.258 e. The molecule has 26 heavy (non-hydrogen) atoms. The van der Waals surface area contributed by atoms with E-state index in [9.17, 15) is 4.79 Å². The second-order valence-electron chi connectivity index (χ2n) is 5.96. The lowest BCUT2D eigenvalue weighted by molar-refractivity contribution is 0.0993.